The number of likely N-dealkylation sites (tertiary alicyclic amines) is 1. The van der Waals surface area contributed by atoms with E-state index in [0.717, 1.165) is 29.0 Å². The molecule has 1 saturated heterocycles. The van der Waals surface area contributed by atoms with Crippen molar-refractivity contribution in [1.82, 2.24) is 10.2 Å². The number of halogens is 2. The molecule has 19 heavy (non-hydrogen) atoms. The quantitative estimate of drug-likeness (QED) is 0.891. The molecule has 1 aliphatic heterocycles. The highest BCUT2D eigenvalue weighted by Gasteiger charge is 2.23. The maximum atomic E-state index is 13.2. The van der Waals surface area contributed by atoms with E-state index in [-0.39, 0.29) is 5.82 Å². The number of rotatable bonds is 5. The summed E-state index contributed by atoms with van der Waals surface area (Å²) in [6.07, 6.45) is 1.26. The highest BCUT2D eigenvalue weighted by molar-refractivity contribution is 9.10. The molecule has 0 amide bonds. The molecule has 1 atom stereocenters. The SMILES string of the molecule is CC(C)N1CCC(CNCc2cc(F)ccc2Br)C1. The Balaban J connectivity index is 1.77. The number of benzene rings is 1. The number of nitrogens with zero attached hydrogens (tertiary/aromatic N) is 1. The second kappa shape index (κ2) is 6.82. The lowest BCUT2D eigenvalue weighted by Crippen LogP contribution is -2.30. The highest BCUT2D eigenvalue weighted by Crippen LogP contribution is 2.19. The van der Waals surface area contributed by atoms with E-state index < -0.39 is 0 Å². The molecule has 0 bridgehead atoms. The van der Waals surface area contributed by atoms with Crippen LogP contribution in [0.4, 0.5) is 4.39 Å². The summed E-state index contributed by atoms with van der Waals surface area (Å²) in [6, 6.07) is 5.47. The predicted molar refractivity (Wildman–Crippen MR) is 80.6 cm³/mol. The maximum absolute atomic E-state index is 13.2. The molecular weight excluding hydrogens is 307 g/mol. The van der Waals surface area contributed by atoms with Crippen molar-refractivity contribution in [1.29, 1.82) is 0 Å². The Morgan fingerprint density at radius 3 is 2.95 bits per heavy atom. The van der Waals surface area contributed by atoms with Gasteiger partial charge >= 0.3 is 0 Å². The zero-order valence-corrected chi connectivity index (χ0v) is 13.2. The molecule has 0 saturated carbocycles. The standard InChI is InChI=1S/C15H22BrFN2/c1-11(2)19-6-5-12(10-19)8-18-9-13-7-14(17)3-4-15(13)16/h3-4,7,11-12,18H,5-6,8-10H2,1-2H3. The largest absolute Gasteiger partial charge is 0.312 e. The molecule has 0 spiro atoms. The van der Waals surface area contributed by atoms with Crippen LogP contribution in [0.3, 0.4) is 0 Å². The van der Waals surface area contributed by atoms with Crippen LogP contribution in [0.2, 0.25) is 0 Å². The second-order valence-electron chi connectivity index (χ2n) is 5.61. The van der Waals surface area contributed by atoms with Crippen molar-refractivity contribution in [3.8, 4) is 0 Å². The molecule has 106 valence electrons. The molecular formula is C15H22BrFN2. The van der Waals surface area contributed by atoms with E-state index in [2.05, 4.69) is 40.0 Å². The molecule has 2 nitrogen and oxygen atoms in total. The van der Waals surface area contributed by atoms with Crippen LogP contribution in [0.5, 0.6) is 0 Å². The molecule has 1 aromatic rings. The maximum Gasteiger partial charge on any atom is 0.123 e. The minimum atomic E-state index is -0.174. The van der Waals surface area contributed by atoms with Gasteiger partial charge in [0.1, 0.15) is 5.82 Å². The van der Waals surface area contributed by atoms with Crippen LogP contribution in [-0.4, -0.2) is 30.6 Å². The van der Waals surface area contributed by atoms with Crippen molar-refractivity contribution in [2.45, 2.75) is 32.9 Å². The minimum Gasteiger partial charge on any atom is -0.312 e. The van der Waals surface area contributed by atoms with Gasteiger partial charge in [0.2, 0.25) is 0 Å². The third-order valence-corrected chi connectivity index (χ3v) is 4.58. The van der Waals surface area contributed by atoms with Gasteiger partial charge in [0.25, 0.3) is 0 Å². The average Bonchev–Trinajstić information content (AvgIpc) is 2.82. The first-order valence-electron chi connectivity index (χ1n) is 6.95. The molecule has 2 rings (SSSR count). The van der Waals surface area contributed by atoms with Crippen LogP contribution >= 0.6 is 15.9 Å². The van der Waals surface area contributed by atoms with E-state index in [1.165, 1.54) is 25.6 Å². The van der Waals surface area contributed by atoms with Gasteiger partial charge in [-0.15, -0.1) is 0 Å². The summed E-state index contributed by atoms with van der Waals surface area (Å²) in [6.45, 7) is 8.60. The summed E-state index contributed by atoms with van der Waals surface area (Å²) in [7, 11) is 0. The monoisotopic (exact) mass is 328 g/mol. The molecule has 1 N–H and O–H groups in total. The van der Waals surface area contributed by atoms with E-state index in [1.807, 2.05) is 0 Å². The summed E-state index contributed by atoms with van der Waals surface area (Å²) in [5, 5.41) is 3.45. The number of hydrogen-bond acceptors (Lipinski definition) is 2. The van der Waals surface area contributed by atoms with Gasteiger partial charge in [0.05, 0.1) is 0 Å². The Hall–Kier alpha value is -0.450. The third-order valence-electron chi connectivity index (χ3n) is 3.80. The van der Waals surface area contributed by atoms with E-state index in [9.17, 15) is 4.39 Å². The molecule has 0 radical (unpaired) electrons. The summed E-state index contributed by atoms with van der Waals surface area (Å²) in [5.74, 6) is 0.543. The molecule has 1 heterocycles. The zero-order valence-electron chi connectivity index (χ0n) is 11.6. The van der Waals surface area contributed by atoms with Crippen LogP contribution in [0, 0.1) is 11.7 Å². The molecule has 0 aliphatic carbocycles. The van der Waals surface area contributed by atoms with Crippen LogP contribution in [0.15, 0.2) is 22.7 Å². The van der Waals surface area contributed by atoms with Gasteiger partial charge < -0.3 is 10.2 Å². The Kier molecular flexibility index (Phi) is 5.37. The van der Waals surface area contributed by atoms with Crippen molar-refractivity contribution < 1.29 is 4.39 Å². The molecule has 1 fully saturated rings. The summed E-state index contributed by atoms with van der Waals surface area (Å²) in [5.41, 5.74) is 0.985. The molecule has 1 aromatic carbocycles. The van der Waals surface area contributed by atoms with Crippen LogP contribution in [0.1, 0.15) is 25.8 Å². The van der Waals surface area contributed by atoms with Gasteiger partial charge in [-0.25, -0.2) is 4.39 Å². The third kappa shape index (κ3) is 4.26. The topological polar surface area (TPSA) is 15.3 Å². The molecule has 1 aliphatic rings. The minimum absolute atomic E-state index is 0.174. The fourth-order valence-electron chi connectivity index (χ4n) is 2.59. The van der Waals surface area contributed by atoms with Gasteiger partial charge in [-0.2, -0.15) is 0 Å². The van der Waals surface area contributed by atoms with E-state index >= 15 is 0 Å². The van der Waals surface area contributed by atoms with Crippen molar-refractivity contribution >= 4 is 15.9 Å². The normalized spacial score (nSPS) is 20.4. The van der Waals surface area contributed by atoms with Gasteiger partial charge in [0, 0.05) is 23.6 Å². The second-order valence-corrected chi connectivity index (χ2v) is 6.46. The first kappa shape index (κ1) is 14.9. The van der Waals surface area contributed by atoms with Gasteiger partial charge in [-0.05, 0) is 63.0 Å². The summed E-state index contributed by atoms with van der Waals surface area (Å²) in [4.78, 5) is 2.52. The Labute approximate surface area is 123 Å². The van der Waals surface area contributed by atoms with Crippen molar-refractivity contribution in [3.05, 3.63) is 34.1 Å². The lowest BCUT2D eigenvalue weighted by atomic mass is 10.1. The Morgan fingerprint density at radius 1 is 1.47 bits per heavy atom. The van der Waals surface area contributed by atoms with E-state index in [4.69, 9.17) is 0 Å². The van der Waals surface area contributed by atoms with Gasteiger partial charge in [0.15, 0.2) is 0 Å². The predicted octanol–water partition coefficient (Wildman–Crippen LogP) is 3.41. The van der Waals surface area contributed by atoms with Crippen molar-refractivity contribution in [3.63, 3.8) is 0 Å². The fourth-order valence-corrected chi connectivity index (χ4v) is 2.97. The molecule has 4 heteroatoms. The van der Waals surface area contributed by atoms with E-state index in [1.54, 1.807) is 12.1 Å². The first-order valence-corrected chi connectivity index (χ1v) is 7.74. The van der Waals surface area contributed by atoms with Crippen LogP contribution < -0.4 is 5.32 Å². The number of nitrogens with one attached hydrogen (secondary N) is 1. The lowest BCUT2D eigenvalue weighted by Gasteiger charge is -2.20. The summed E-state index contributed by atoms with van der Waals surface area (Å²) >= 11 is 3.46. The smallest absolute Gasteiger partial charge is 0.123 e. The van der Waals surface area contributed by atoms with Crippen LogP contribution in [-0.2, 0) is 6.54 Å². The van der Waals surface area contributed by atoms with Crippen LogP contribution in [0.25, 0.3) is 0 Å². The summed E-state index contributed by atoms with van der Waals surface area (Å²) < 4.78 is 14.1. The average molecular weight is 329 g/mol. The first-order chi connectivity index (χ1) is 9.06. The zero-order chi connectivity index (χ0) is 13.8. The van der Waals surface area contributed by atoms with Gasteiger partial charge in [-0.3, -0.25) is 0 Å². The van der Waals surface area contributed by atoms with Crippen molar-refractivity contribution in [2.24, 2.45) is 5.92 Å². The molecule has 0 aromatic heterocycles. The number of hydrogen-bond donors (Lipinski definition) is 1. The fraction of sp³-hybridized carbons (Fsp3) is 0.600. The molecule has 1 unspecified atom stereocenters. The Morgan fingerprint density at radius 2 is 2.26 bits per heavy atom. The van der Waals surface area contributed by atoms with E-state index in [0.29, 0.717) is 6.04 Å². The highest BCUT2D eigenvalue weighted by atomic mass is 79.9. The lowest BCUT2D eigenvalue weighted by molar-refractivity contribution is 0.264. The Bertz CT molecular complexity index is 423. The van der Waals surface area contributed by atoms with Gasteiger partial charge in [-0.1, -0.05) is 15.9 Å². The van der Waals surface area contributed by atoms with Crippen molar-refractivity contribution in [2.75, 3.05) is 19.6 Å².